The van der Waals surface area contributed by atoms with E-state index < -0.39 is 23.5 Å². The standard InChI is InChI=1S/C15H19N3O4/c1-5-9(17-14(20)22-15(2,3)4)11(19)13-18-12-10(21-13)7-6-8-16-12/h6-9H,5H2,1-4H3,(H,17,20)/t9-/m0/s1. The number of alkyl carbamates (subject to hydrolysis) is 1. The fraction of sp³-hybridized carbons (Fsp3) is 0.467. The molecule has 22 heavy (non-hydrogen) atoms. The Kier molecular flexibility index (Phi) is 4.44. The Morgan fingerprint density at radius 2 is 2.14 bits per heavy atom. The third-order valence-corrected chi connectivity index (χ3v) is 2.79. The maximum atomic E-state index is 12.4. The number of nitrogens with zero attached hydrogens (tertiary/aromatic N) is 2. The maximum absolute atomic E-state index is 12.4. The molecule has 0 aliphatic carbocycles. The molecule has 2 aromatic rings. The molecular weight excluding hydrogens is 286 g/mol. The van der Waals surface area contributed by atoms with Gasteiger partial charge >= 0.3 is 6.09 Å². The van der Waals surface area contributed by atoms with Crippen LogP contribution in [0.4, 0.5) is 4.79 Å². The van der Waals surface area contributed by atoms with Gasteiger partial charge in [-0.05, 0) is 39.3 Å². The van der Waals surface area contributed by atoms with Gasteiger partial charge in [0.2, 0.25) is 5.78 Å². The lowest BCUT2D eigenvalue weighted by Gasteiger charge is -2.22. The van der Waals surface area contributed by atoms with Crippen molar-refractivity contribution < 1.29 is 18.7 Å². The zero-order chi connectivity index (χ0) is 16.3. The number of carbonyl (C=O) groups excluding carboxylic acids is 2. The van der Waals surface area contributed by atoms with Crippen LogP contribution in [0, 0.1) is 0 Å². The molecule has 0 aliphatic heterocycles. The van der Waals surface area contributed by atoms with Crippen LogP contribution < -0.4 is 5.32 Å². The van der Waals surface area contributed by atoms with Gasteiger partial charge in [-0.3, -0.25) is 4.79 Å². The summed E-state index contributed by atoms with van der Waals surface area (Å²) in [6.45, 7) is 7.03. The van der Waals surface area contributed by atoms with Crippen molar-refractivity contribution in [3.63, 3.8) is 0 Å². The van der Waals surface area contributed by atoms with Gasteiger partial charge in [-0.25, -0.2) is 9.78 Å². The zero-order valence-corrected chi connectivity index (χ0v) is 13.0. The minimum atomic E-state index is -0.761. The molecule has 7 nitrogen and oxygen atoms in total. The smallest absolute Gasteiger partial charge is 0.408 e. The summed E-state index contributed by atoms with van der Waals surface area (Å²) in [5.41, 5.74) is 0.156. The molecule has 7 heteroatoms. The first-order chi connectivity index (χ1) is 10.3. The van der Waals surface area contributed by atoms with E-state index in [0.717, 1.165) is 0 Å². The topological polar surface area (TPSA) is 94.3 Å². The second kappa shape index (κ2) is 6.13. The molecule has 2 heterocycles. The fourth-order valence-corrected chi connectivity index (χ4v) is 1.83. The van der Waals surface area contributed by atoms with E-state index in [9.17, 15) is 9.59 Å². The predicted octanol–water partition coefficient (Wildman–Crippen LogP) is 2.71. The lowest BCUT2D eigenvalue weighted by atomic mass is 10.1. The van der Waals surface area contributed by atoms with Gasteiger partial charge in [0.1, 0.15) is 11.6 Å². The van der Waals surface area contributed by atoms with Crippen LogP contribution in [0.3, 0.4) is 0 Å². The molecule has 0 radical (unpaired) electrons. The number of fused-ring (bicyclic) bond motifs is 1. The van der Waals surface area contributed by atoms with Crippen LogP contribution in [-0.4, -0.2) is 33.5 Å². The van der Waals surface area contributed by atoms with E-state index in [-0.39, 0.29) is 5.89 Å². The van der Waals surface area contributed by atoms with Crippen molar-refractivity contribution in [2.24, 2.45) is 0 Å². The first-order valence-corrected chi connectivity index (χ1v) is 7.05. The monoisotopic (exact) mass is 305 g/mol. The highest BCUT2D eigenvalue weighted by Gasteiger charge is 2.27. The molecule has 0 aliphatic rings. The number of pyridine rings is 1. The van der Waals surface area contributed by atoms with Gasteiger partial charge < -0.3 is 14.5 Å². The Morgan fingerprint density at radius 3 is 2.73 bits per heavy atom. The Bertz CT molecular complexity index is 654. The van der Waals surface area contributed by atoms with Gasteiger partial charge in [-0.15, -0.1) is 0 Å². The fourth-order valence-electron chi connectivity index (χ4n) is 1.83. The minimum absolute atomic E-state index is 0.0726. The van der Waals surface area contributed by atoms with E-state index >= 15 is 0 Å². The summed E-state index contributed by atoms with van der Waals surface area (Å²) in [6.07, 6.45) is 1.31. The van der Waals surface area contributed by atoms with Crippen molar-refractivity contribution in [2.45, 2.75) is 45.8 Å². The lowest BCUT2D eigenvalue weighted by Crippen LogP contribution is -2.43. The average Bonchev–Trinajstić information content (AvgIpc) is 2.86. The molecule has 1 amide bonds. The molecule has 2 aromatic heterocycles. The van der Waals surface area contributed by atoms with E-state index in [2.05, 4.69) is 15.3 Å². The SMILES string of the molecule is CC[C@H](NC(=O)OC(C)(C)C)C(=O)c1nc2ncccc2o1. The number of amides is 1. The summed E-state index contributed by atoms with van der Waals surface area (Å²) in [6, 6.07) is 2.61. The van der Waals surface area contributed by atoms with Gasteiger partial charge in [0.05, 0.1) is 0 Å². The summed E-state index contributed by atoms with van der Waals surface area (Å²) < 4.78 is 10.5. The number of aromatic nitrogens is 2. The van der Waals surface area contributed by atoms with Crippen LogP contribution in [0.5, 0.6) is 0 Å². The maximum Gasteiger partial charge on any atom is 0.408 e. The molecule has 1 N–H and O–H groups in total. The molecule has 0 saturated carbocycles. The molecule has 0 spiro atoms. The first-order valence-electron chi connectivity index (χ1n) is 7.05. The second-order valence-electron chi connectivity index (χ2n) is 5.82. The van der Waals surface area contributed by atoms with Crippen LogP contribution in [0.25, 0.3) is 11.2 Å². The third-order valence-electron chi connectivity index (χ3n) is 2.79. The number of Topliss-reactive ketones (excluding diaryl/α,β-unsaturated/α-hetero) is 1. The number of ketones is 1. The van der Waals surface area contributed by atoms with Crippen LogP contribution in [0.15, 0.2) is 22.7 Å². The Labute approximate surface area is 128 Å². The Hall–Kier alpha value is -2.44. The number of oxazole rings is 1. The summed E-state index contributed by atoms with van der Waals surface area (Å²) in [7, 11) is 0. The molecule has 0 fully saturated rings. The molecular formula is C15H19N3O4. The van der Waals surface area contributed by atoms with E-state index in [1.165, 1.54) is 0 Å². The number of hydrogen-bond acceptors (Lipinski definition) is 6. The quantitative estimate of drug-likeness (QED) is 0.873. The predicted molar refractivity (Wildman–Crippen MR) is 79.6 cm³/mol. The highest BCUT2D eigenvalue weighted by atomic mass is 16.6. The van der Waals surface area contributed by atoms with Crippen molar-refractivity contribution in [3.05, 3.63) is 24.2 Å². The van der Waals surface area contributed by atoms with Crippen molar-refractivity contribution in [2.75, 3.05) is 0 Å². The molecule has 0 saturated heterocycles. The van der Waals surface area contributed by atoms with Gasteiger partial charge in [0.25, 0.3) is 5.89 Å². The summed E-state index contributed by atoms with van der Waals surface area (Å²) >= 11 is 0. The van der Waals surface area contributed by atoms with E-state index in [1.807, 2.05) is 0 Å². The number of ether oxygens (including phenoxy) is 1. The van der Waals surface area contributed by atoms with Crippen molar-refractivity contribution in [3.8, 4) is 0 Å². The normalized spacial score (nSPS) is 12.9. The summed E-state index contributed by atoms with van der Waals surface area (Å²) in [4.78, 5) is 32.2. The van der Waals surface area contributed by atoms with Crippen LogP contribution in [0.2, 0.25) is 0 Å². The van der Waals surface area contributed by atoms with Crippen molar-refractivity contribution in [1.82, 2.24) is 15.3 Å². The summed E-state index contributed by atoms with van der Waals surface area (Å²) in [5.74, 6) is -0.483. The first kappa shape index (κ1) is 15.9. The van der Waals surface area contributed by atoms with Crippen LogP contribution in [-0.2, 0) is 4.74 Å². The molecule has 0 unspecified atom stereocenters. The third kappa shape index (κ3) is 3.81. The zero-order valence-electron chi connectivity index (χ0n) is 13.0. The highest BCUT2D eigenvalue weighted by Crippen LogP contribution is 2.15. The van der Waals surface area contributed by atoms with Gasteiger partial charge in [-0.2, -0.15) is 4.98 Å². The molecule has 118 valence electrons. The lowest BCUT2D eigenvalue weighted by molar-refractivity contribution is 0.0487. The van der Waals surface area contributed by atoms with E-state index in [0.29, 0.717) is 17.7 Å². The molecule has 1 atom stereocenters. The molecule has 0 aromatic carbocycles. The number of carbonyl (C=O) groups is 2. The second-order valence-corrected chi connectivity index (χ2v) is 5.82. The number of hydrogen-bond donors (Lipinski definition) is 1. The highest BCUT2D eigenvalue weighted by molar-refractivity contribution is 5.99. The van der Waals surface area contributed by atoms with Gasteiger partial charge in [0.15, 0.2) is 11.2 Å². The van der Waals surface area contributed by atoms with Crippen LogP contribution in [0.1, 0.15) is 44.8 Å². The van der Waals surface area contributed by atoms with Gasteiger partial charge in [-0.1, -0.05) is 6.92 Å². The Morgan fingerprint density at radius 1 is 1.41 bits per heavy atom. The van der Waals surface area contributed by atoms with Crippen molar-refractivity contribution in [1.29, 1.82) is 0 Å². The van der Waals surface area contributed by atoms with E-state index in [1.54, 1.807) is 46.0 Å². The van der Waals surface area contributed by atoms with E-state index in [4.69, 9.17) is 9.15 Å². The molecule has 2 rings (SSSR count). The largest absolute Gasteiger partial charge is 0.444 e. The minimum Gasteiger partial charge on any atom is -0.444 e. The van der Waals surface area contributed by atoms with Gasteiger partial charge in [0, 0.05) is 6.20 Å². The average molecular weight is 305 g/mol. The summed E-state index contributed by atoms with van der Waals surface area (Å²) in [5, 5.41) is 2.53. The number of rotatable bonds is 4. The Balaban J connectivity index is 2.13. The van der Waals surface area contributed by atoms with Crippen molar-refractivity contribution >= 4 is 23.1 Å². The van der Waals surface area contributed by atoms with Crippen LogP contribution >= 0.6 is 0 Å². The number of nitrogens with one attached hydrogen (secondary N) is 1. The molecule has 0 bridgehead atoms.